The number of alkyl halides is 3. The molecule has 0 spiro atoms. The Morgan fingerprint density at radius 2 is 1.59 bits per heavy atom. The van der Waals surface area contributed by atoms with Crippen LogP contribution in [0.3, 0.4) is 0 Å². The van der Waals surface area contributed by atoms with Gasteiger partial charge in [-0.1, -0.05) is 46.4 Å². The van der Waals surface area contributed by atoms with Gasteiger partial charge in [-0.3, -0.25) is 0 Å². The zero-order valence-electron chi connectivity index (χ0n) is 8.08. The molecule has 0 bridgehead atoms. The Morgan fingerprint density at radius 3 is 2.00 bits per heavy atom. The van der Waals surface area contributed by atoms with Crippen LogP contribution in [0.5, 0.6) is 0 Å². The van der Waals surface area contributed by atoms with Crippen molar-refractivity contribution in [1.29, 1.82) is 0 Å². The summed E-state index contributed by atoms with van der Waals surface area (Å²) in [6, 6.07) is 5.47. The van der Waals surface area contributed by atoms with Crippen LogP contribution in [-0.4, -0.2) is 22.6 Å². The minimum absolute atomic E-state index is 0.0360. The smallest absolute Gasteiger partial charge is 0.206 e. The molecule has 1 aromatic rings. The lowest BCUT2D eigenvalue weighted by molar-refractivity contribution is 0.539. The first-order valence-corrected chi connectivity index (χ1v) is 7.43. The molecule has 0 radical (unpaired) electrons. The first kappa shape index (κ1) is 15.6. The maximum absolute atomic E-state index is 11.9. The largest absolute Gasteiger partial charge is 0.256 e. The second-order valence-electron chi connectivity index (χ2n) is 3.02. The number of sulfonamides is 1. The van der Waals surface area contributed by atoms with Gasteiger partial charge in [0.2, 0.25) is 3.79 Å². The fourth-order valence-corrected chi connectivity index (χ4v) is 3.32. The fraction of sp³-hybridized carbons (Fsp3) is 0.250. The van der Waals surface area contributed by atoms with E-state index in [0.29, 0.717) is 8.85 Å². The average molecular weight is 357 g/mol. The van der Waals surface area contributed by atoms with E-state index in [2.05, 4.69) is 0 Å². The molecule has 0 unspecified atom stereocenters. The molecular formula is C8H6Cl5NO2S. The molecule has 0 saturated carbocycles. The number of rotatable bonds is 3. The molecule has 17 heavy (non-hydrogen) atoms. The topological polar surface area (TPSA) is 37.4 Å². The molecule has 0 aliphatic carbocycles. The van der Waals surface area contributed by atoms with Gasteiger partial charge in [-0.05, 0) is 36.0 Å². The molecule has 1 aromatic carbocycles. The van der Waals surface area contributed by atoms with Gasteiger partial charge < -0.3 is 0 Å². The van der Waals surface area contributed by atoms with Crippen molar-refractivity contribution in [3.63, 3.8) is 0 Å². The van der Waals surface area contributed by atoms with E-state index in [1.165, 1.54) is 24.3 Å². The van der Waals surface area contributed by atoms with E-state index >= 15 is 0 Å². The van der Waals surface area contributed by atoms with Gasteiger partial charge in [-0.15, -0.1) is 3.82 Å². The number of halogens is 5. The number of nitrogens with zero attached hydrogens (tertiary/aromatic N) is 1. The number of benzene rings is 1. The summed E-state index contributed by atoms with van der Waals surface area (Å²) in [6.07, 6.45) is 0. The molecule has 0 heterocycles. The molecule has 9 heteroatoms. The molecule has 0 aliphatic heterocycles. The molecule has 0 N–H and O–H groups in total. The Hall–Kier alpha value is 0.580. The quantitative estimate of drug-likeness (QED) is 0.609. The Bertz CT molecular complexity index is 482. The molecule has 0 aliphatic rings. The lowest BCUT2D eigenvalue weighted by atomic mass is 10.4. The number of hydrogen-bond acceptors (Lipinski definition) is 2. The lowest BCUT2D eigenvalue weighted by Gasteiger charge is -2.18. The summed E-state index contributed by atoms with van der Waals surface area (Å²) in [5, 5.41) is 0.409. The van der Waals surface area contributed by atoms with E-state index in [1.807, 2.05) is 0 Å². The molecule has 96 valence electrons. The lowest BCUT2D eigenvalue weighted by Crippen LogP contribution is -2.30. The molecule has 0 aromatic heterocycles. The third kappa shape index (κ3) is 4.63. The molecule has 0 fully saturated rings. The van der Waals surface area contributed by atoms with Crippen LogP contribution in [0.4, 0.5) is 0 Å². The summed E-state index contributed by atoms with van der Waals surface area (Å²) < 4.78 is 22.4. The monoisotopic (exact) mass is 355 g/mol. The zero-order valence-corrected chi connectivity index (χ0v) is 12.7. The highest BCUT2D eigenvalue weighted by molar-refractivity contribution is 7.90. The maximum atomic E-state index is 11.9. The molecule has 0 atom stereocenters. The first-order chi connectivity index (χ1) is 7.63. The van der Waals surface area contributed by atoms with E-state index < -0.39 is 20.4 Å². The van der Waals surface area contributed by atoms with Gasteiger partial charge in [-0.2, -0.15) is 0 Å². The Balaban J connectivity index is 2.99. The predicted molar refractivity (Wildman–Crippen MR) is 71.5 cm³/mol. The van der Waals surface area contributed by atoms with Gasteiger partial charge in [0, 0.05) is 5.02 Å². The van der Waals surface area contributed by atoms with Crippen LogP contribution >= 0.6 is 58.2 Å². The van der Waals surface area contributed by atoms with Crippen molar-refractivity contribution < 1.29 is 8.42 Å². The van der Waals surface area contributed by atoms with Gasteiger partial charge in [0.15, 0.2) is 0 Å². The average Bonchev–Trinajstić information content (AvgIpc) is 2.15. The van der Waals surface area contributed by atoms with E-state index in [-0.39, 0.29) is 4.90 Å². The summed E-state index contributed by atoms with van der Waals surface area (Å²) in [5.74, 6) is 0. The normalized spacial score (nSPS) is 13.1. The van der Waals surface area contributed by atoms with Crippen molar-refractivity contribution in [3.05, 3.63) is 29.3 Å². The van der Waals surface area contributed by atoms with E-state index in [9.17, 15) is 8.42 Å². The minimum Gasteiger partial charge on any atom is -0.206 e. The minimum atomic E-state index is -3.90. The standard InChI is InChI=1S/C8H6Cl5NO2S/c9-6-1-3-7(4-2-6)17(15,16)14(13)5-8(10,11)12/h1-4H,5H2. The van der Waals surface area contributed by atoms with Crippen LogP contribution < -0.4 is 0 Å². The van der Waals surface area contributed by atoms with E-state index in [0.717, 1.165) is 0 Å². The van der Waals surface area contributed by atoms with Gasteiger partial charge in [-0.25, -0.2) is 8.42 Å². The van der Waals surface area contributed by atoms with Crippen LogP contribution in [0.2, 0.25) is 5.02 Å². The summed E-state index contributed by atoms with van der Waals surface area (Å²) in [5.41, 5.74) is 0. The Labute approximate surface area is 124 Å². The highest BCUT2D eigenvalue weighted by Gasteiger charge is 2.31. The van der Waals surface area contributed by atoms with Crippen LogP contribution in [0.25, 0.3) is 0 Å². The van der Waals surface area contributed by atoms with Crippen LogP contribution in [0.1, 0.15) is 0 Å². The van der Waals surface area contributed by atoms with Crippen LogP contribution in [0, 0.1) is 0 Å². The molecule has 0 amide bonds. The maximum Gasteiger partial charge on any atom is 0.256 e. The first-order valence-electron chi connectivity index (χ1n) is 4.14. The van der Waals surface area contributed by atoms with Gasteiger partial charge in [0.1, 0.15) is 0 Å². The third-order valence-corrected chi connectivity index (χ3v) is 4.47. The second kappa shape index (κ2) is 5.70. The SMILES string of the molecule is O=S(=O)(c1ccc(Cl)cc1)N(Cl)CC(Cl)(Cl)Cl. The second-order valence-corrected chi connectivity index (χ2v) is 8.44. The third-order valence-electron chi connectivity index (χ3n) is 1.68. The van der Waals surface area contributed by atoms with E-state index in [1.54, 1.807) is 0 Å². The highest BCUT2D eigenvalue weighted by atomic mass is 35.6. The van der Waals surface area contributed by atoms with Crippen molar-refractivity contribution >= 4 is 68.2 Å². The van der Waals surface area contributed by atoms with Gasteiger partial charge in [0.05, 0.1) is 11.4 Å². The van der Waals surface area contributed by atoms with Crippen molar-refractivity contribution in [2.45, 2.75) is 8.69 Å². The number of hydrogen-bond donors (Lipinski definition) is 0. The van der Waals surface area contributed by atoms with Crippen LogP contribution in [-0.2, 0) is 10.0 Å². The Kier molecular flexibility index (Phi) is 5.24. The fourth-order valence-electron chi connectivity index (χ4n) is 0.947. The predicted octanol–water partition coefficient (Wildman–Crippen LogP) is 3.85. The van der Waals surface area contributed by atoms with Crippen molar-refractivity contribution in [3.8, 4) is 0 Å². The van der Waals surface area contributed by atoms with Crippen molar-refractivity contribution in [2.24, 2.45) is 0 Å². The molecule has 0 saturated heterocycles. The summed E-state index contributed by atoms with van der Waals surface area (Å²) >= 11 is 27.6. The highest BCUT2D eigenvalue weighted by Crippen LogP contribution is 2.30. The van der Waals surface area contributed by atoms with Gasteiger partial charge in [0.25, 0.3) is 10.0 Å². The summed E-state index contributed by atoms with van der Waals surface area (Å²) in [7, 11) is -3.90. The Morgan fingerprint density at radius 1 is 1.12 bits per heavy atom. The van der Waals surface area contributed by atoms with Gasteiger partial charge >= 0.3 is 0 Å². The molecule has 3 nitrogen and oxygen atoms in total. The van der Waals surface area contributed by atoms with E-state index in [4.69, 9.17) is 58.2 Å². The molecular weight excluding hydrogens is 351 g/mol. The zero-order chi connectivity index (χ0) is 13.3. The molecule has 1 rings (SSSR count). The summed E-state index contributed by atoms with van der Waals surface area (Å²) in [6.45, 7) is -0.468. The van der Waals surface area contributed by atoms with Crippen molar-refractivity contribution in [2.75, 3.05) is 6.54 Å². The van der Waals surface area contributed by atoms with Crippen LogP contribution in [0.15, 0.2) is 29.2 Å². The summed E-state index contributed by atoms with van der Waals surface area (Å²) in [4.78, 5) is -0.0360. The van der Waals surface area contributed by atoms with Crippen molar-refractivity contribution in [1.82, 2.24) is 3.82 Å².